The molecule has 1 aliphatic rings. The second kappa shape index (κ2) is 1.91. The van der Waals surface area contributed by atoms with Crippen molar-refractivity contribution in [2.24, 2.45) is 0 Å². The number of hydrogen-bond donors (Lipinski definition) is 0. The summed E-state index contributed by atoms with van der Waals surface area (Å²) in [5.74, 6) is 0. The molecule has 7 heavy (non-hydrogen) atoms. The summed E-state index contributed by atoms with van der Waals surface area (Å²) in [6.45, 7) is 4.49. The van der Waals surface area contributed by atoms with E-state index in [-0.39, 0.29) is 0 Å². The molecule has 0 aliphatic carbocycles. The Labute approximate surface area is 49.0 Å². The van der Waals surface area contributed by atoms with Gasteiger partial charge in [0.2, 0.25) is 0 Å². The number of hydrogen-bond acceptors (Lipinski definition) is 0. The fraction of sp³-hybridized carbons (Fsp3) is 0.667. The molecule has 1 atom stereocenters. The van der Waals surface area contributed by atoms with Crippen LogP contribution in [0.3, 0.4) is 0 Å². The van der Waals surface area contributed by atoms with Crippen LogP contribution < -0.4 is 0 Å². The van der Waals surface area contributed by atoms with Gasteiger partial charge in [-0.2, -0.15) is 0 Å². The molecule has 1 unspecified atom stereocenters. The minimum Gasteiger partial charge on any atom is -0.0391 e. The Hall–Kier alpha value is 0.0900. The third-order valence-electron chi connectivity index (χ3n) is 1.17. The second-order valence-electron chi connectivity index (χ2n) is 2.18. The molecule has 0 radical (unpaired) electrons. The molecule has 0 saturated carbocycles. The average Bonchev–Trinajstić information content (AvgIpc) is 1.87. The second-order valence-corrected chi connectivity index (χ2v) is 3.62. The predicted molar refractivity (Wildman–Crippen MR) is 36.6 cm³/mol. The van der Waals surface area contributed by atoms with Gasteiger partial charge in [-0.05, 0) is 19.4 Å². The minimum atomic E-state index is 0.903. The highest BCUT2D eigenvalue weighted by Gasteiger charge is 2.16. The highest BCUT2D eigenvalue weighted by atomic mass is 32.2. The van der Waals surface area contributed by atoms with Gasteiger partial charge in [-0.1, -0.05) is 0 Å². The molecule has 1 aliphatic heterocycles. The van der Waals surface area contributed by atoms with Gasteiger partial charge in [0, 0.05) is 18.2 Å². The van der Waals surface area contributed by atoms with E-state index in [1.807, 2.05) is 0 Å². The topological polar surface area (TPSA) is 0 Å². The molecule has 0 bridgehead atoms. The quantitative estimate of drug-likeness (QED) is 0.331. The number of rotatable bonds is 0. The molecule has 0 aromatic heterocycles. The summed E-state index contributed by atoms with van der Waals surface area (Å²) in [4.78, 5) is 0. The SMILES string of the molecule is CC1=C[SH+]C(C)C1. The van der Waals surface area contributed by atoms with Gasteiger partial charge in [0.05, 0.1) is 0 Å². The first kappa shape index (κ1) is 5.23. The molecular formula is C6H11S+. The lowest BCUT2D eigenvalue weighted by molar-refractivity contribution is 0.948. The standard InChI is InChI=1S/C6H10S/c1-5-3-6(2)7-4-5/h4,6H,3H2,1-2H3/p+1. The molecular weight excluding hydrogens is 104 g/mol. The van der Waals surface area contributed by atoms with Crippen LogP contribution in [-0.4, -0.2) is 5.25 Å². The number of thiol groups is 1. The van der Waals surface area contributed by atoms with Crippen LogP contribution in [-0.2, 0) is 11.8 Å². The molecule has 0 spiro atoms. The van der Waals surface area contributed by atoms with Crippen LogP contribution in [0.5, 0.6) is 0 Å². The van der Waals surface area contributed by atoms with Gasteiger partial charge in [0.15, 0.2) is 0 Å². The molecule has 1 heterocycles. The normalized spacial score (nSPS) is 30.6. The van der Waals surface area contributed by atoms with Crippen LogP contribution in [0.25, 0.3) is 0 Å². The Bertz CT molecular complexity index is 94.4. The van der Waals surface area contributed by atoms with Crippen molar-refractivity contribution in [3.05, 3.63) is 11.0 Å². The largest absolute Gasteiger partial charge is 0.121 e. The lowest BCUT2D eigenvalue weighted by atomic mass is 10.2. The fourth-order valence-corrected chi connectivity index (χ4v) is 1.83. The summed E-state index contributed by atoms with van der Waals surface area (Å²) in [6, 6.07) is 0. The lowest BCUT2D eigenvalue weighted by Crippen LogP contribution is -1.93. The summed E-state index contributed by atoms with van der Waals surface area (Å²) in [7, 11) is 0. The number of allylic oxidation sites excluding steroid dienone is 1. The smallest absolute Gasteiger partial charge is 0.0391 e. The highest BCUT2D eigenvalue weighted by Crippen LogP contribution is 2.15. The van der Waals surface area contributed by atoms with E-state index in [0.717, 1.165) is 5.25 Å². The van der Waals surface area contributed by atoms with Crippen molar-refractivity contribution >= 4 is 11.8 Å². The predicted octanol–water partition coefficient (Wildman–Crippen LogP) is 1.50. The van der Waals surface area contributed by atoms with Crippen LogP contribution >= 0.6 is 0 Å². The molecule has 0 N–H and O–H groups in total. The lowest BCUT2D eigenvalue weighted by Gasteiger charge is -1.86. The molecule has 0 nitrogen and oxygen atoms in total. The Morgan fingerprint density at radius 1 is 1.86 bits per heavy atom. The van der Waals surface area contributed by atoms with Gasteiger partial charge in [0.1, 0.15) is 10.7 Å². The van der Waals surface area contributed by atoms with Gasteiger partial charge in [-0.3, -0.25) is 0 Å². The maximum absolute atomic E-state index is 2.31. The first-order chi connectivity index (χ1) is 3.29. The van der Waals surface area contributed by atoms with E-state index in [1.54, 1.807) is 5.57 Å². The van der Waals surface area contributed by atoms with Crippen LogP contribution in [0.4, 0.5) is 0 Å². The highest BCUT2D eigenvalue weighted by molar-refractivity contribution is 7.82. The Morgan fingerprint density at radius 3 is 2.71 bits per heavy atom. The van der Waals surface area contributed by atoms with Gasteiger partial charge < -0.3 is 0 Å². The summed E-state index contributed by atoms with van der Waals surface area (Å²) < 4.78 is 0. The summed E-state index contributed by atoms with van der Waals surface area (Å²) in [6.07, 6.45) is 1.32. The maximum Gasteiger partial charge on any atom is 0.121 e. The van der Waals surface area contributed by atoms with Crippen LogP contribution in [0, 0.1) is 0 Å². The molecule has 1 heteroatoms. The maximum atomic E-state index is 2.31. The van der Waals surface area contributed by atoms with E-state index in [2.05, 4.69) is 19.3 Å². The third-order valence-corrected chi connectivity index (χ3v) is 2.45. The average molecular weight is 115 g/mol. The summed E-state index contributed by atoms with van der Waals surface area (Å²) in [5.41, 5.74) is 1.56. The van der Waals surface area contributed by atoms with Crippen LogP contribution in [0.1, 0.15) is 20.3 Å². The van der Waals surface area contributed by atoms with Crippen molar-refractivity contribution in [1.82, 2.24) is 0 Å². The van der Waals surface area contributed by atoms with E-state index in [4.69, 9.17) is 0 Å². The molecule has 0 aromatic rings. The molecule has 1 rings (SSSR count). The van der Waals surface area contributed by atoms with Crippen molar-refractivity contribution in [3.8, 4) is 0 Å². The van der Waals surface area contributed by atoms with Crippen molar-refractivity contribution in [2.75, 3.05) is 0 Å². The summed E-state index contributed by atoms with van der Waals surface area (Å²) in [5, 5.41) is 3.21. The zero-order chi connectivity index (χ0) is 5.28. The summed E-state index contributed by atoms with van der Waals surface area (Å²) >= 11 is 1.52. The minimum absolute atomic E-state index is 0.903. The van der Waals surface area contributed by atoms with Crippen LogP contribution in [0.15, 0.2) is 11.0 Å². The van der Waals surface area contributed by atoms with Crippen LogP contribution in [0.2, 0.25) is 0 Å². The zero-order valence-corrected chi connectivity index (χ0v) is 5.70. The molecule has 0 saturated heterocycles. The monoisotopic (exact) mass is 115 g/mol. The molecule has 0 fully saturated rings. The zero-order valence-electron chi connectivity index (χ0n) is 4.81. The van der Waals surface area contributed by atoms with Crippen molar-refractivity contribution in [2.45, 2.75) is 25.5 Å². The van der Waals surface area contributed by atoms with Gasteiger partial charge >= 0.3 is 0 Å². The fourth-order valence-electron chi connectivity index (χ4n) is 0.826. The Morgan fingerprint density at radius 2 is 2.57 bits per heavy atom. The van der Waals surface area contributed by atoms with Crippen molar-refractivity contribution in [1.29, 1.82) is 0 Å². The Kier molecular flexibility index (Phi) is 1.43. The van der Waals surface area contributed by atoms with E-state index in [1.165, 1.54) is 18.2 Å². The first-order valence-corrected chi connectivity index (χ1v) is 3.68. The molecule has 0 amide bonds. The molecule has 40 valence electrons. The van der Waals surface area contributed by atoms with E-state index >= 15 is 0 Å². The van der Waals surface area contributed by atoms with Gasteiger partial charge in [-0.25, -0.2) is 0 Å². The third kappa shape index (κ3) is 1.23. The van der Waals surface area contributed by atoms with E-state index in [9.17, 15) is 0 Å². The van der Waals surface area contributed by atoms with Crippen molar-refractivity contribution < 1.29 is 0 Å². The van der Waals surface area contributed by atoms with E-state index in [0.29, 0.717) is 0 Å². The first-order valence-electron chi connectivity index (χ1n) is 2.64. The van der Waals surface area contributed by atoms with Gasteiger partial charge in [-0.15, -0.1) is 0 Å². The van der Waals surface area contributed by atoms with E-state index < -0.39 is 0 Å². The molecule has 0 aromatic carbocycles. The van der Waals surface area contributed by atoms with Crippen molar-refractivity contribution in [3.63, 3.8) is 0 Å². The Balaban J connectivity index is 2.42. The van der Waals surface area contributed by atoms with Gasteiger partial charge in [0.25, 0.3) is 0 Å².